The Morgan fingerprint density at radius 2 is 1.95 bits per heavy atom. The van der Waals surface area contributed by atoms with Gasteiger partial charge in [-0.3, -0.25) is 14.9 Å². The van der Waals surface area contributed by atoms with Gasteiger partial charge in [0.05, 0.1) is 9.82 Å². The first-order chi connectivity index (χ1) is 9.56. The molecule has 21 heavy (non-hydrogen) atoms. The highest BCUT2D eigenvalue weighted by Crippen LogP contribution is 2.28. The van der Waals surface area contributed by atoms with Crippen molar-refractivity contribution in [3.05, 3.63) is 28.3 Å². The summed E-state index contributed by atoms with van der Waals surface area (Å²) in [5.74, 6) is -2.57. The van der Waals surface area contributed by atoms with Gasteiger partial charge >= 0.3 is 11.7 Å². The third-order valence-corrected chi connectivity index (χ3v) is 4.11. The van der Waals surface area contributed by atoms with Crippen LogP contribution in [0.4, 0.5) is 5.69 Å². The van der Waals surface area contributed by atoms with Crippen LogP contribution in [0.3, 0.4) is 0 Å². The summed E-state index contributed by atoms with van der Waals surface area (Å²) in [4.78, 5) is 20.2. The quantitative estimate of drug-likeness (QED) is 0.516. The number of nitro groups is 1. The van der Waals surface area contributed by atoms with Gasteiger partial charge in [0.15, 0.2) is 5.75 Å². The second kappa shape index (κ2) is 6.06. The Kier molecular flexibility index (Phi) is 4.86. The van der Waals surface area contributed by atoms with E-state index in [2.05, 4.69) is 0 Å². The highest BCUT2D eigenvalue weighted by molar-refractivity contribution is 7.89. The van der Waals surface area contributed by atoms with Gasteiger partial charge in [0.2, 0.25) is 10.0 Å². The maximum atomic E-state index is 12.1. The predicted octanol–water partition coefficient (Wildman–Crippen LogP) is 0.688. The number of benzene rings is 1. The minimum atomic E-state index is -4.27. The number of nitro benzene ring substituents is 1. The molecule has 116 valence electrons. The fourth-order valence-corrected chi connectivity index (χ4v) is 2.88. The Morgan fingerprint density at radius 3 is 2.38 bits per heavy atom. The normalized spacial score (nSPS) is 13.1. The zero-order valence-electron chi connectivity index (χ0n) is 11.2. The number of nitrogens with one attached hydrogen (secondary N) is 1. The molecule has 0 heterocycles. The largest absolute Gasteiger partial charge is 0.502 e. The Hall–Kier alpha value is -2.20. The van der Waals surface area contributed by atoms with Gasteiger partial charge in [-0.2, -0.15) is 4.72 Å². The number of rotatable bonds is 6. The number of carboxylic acid groups (broad SMARTS) is 1. The molecule has 3 N–H and O–H groups in total. The summed E-state index contributed by atoms with van der Waals surface area (Å²) in [6, 6.07) is 1.10. The average molecular weight is 318 g/mol. The standard InChI is InChI=1S/C11H14N2O7S/c1-6(2)10(11(15)16)12-21(19,20)7-3-4-9(14)8(5-7)13(17)18/h3-6,10,12,14H,1-2H3,(H,15,16). The van der Waals surface area contributed by atoms with Crippen molar-refractivity contribution < 1.29 is 28.3 Å². The summed E-state index contributed by atoms with van der Waals surface area (Å²) in [7, 11) is -4.27. The molecule has 0 aliphatic heterocycles. The maximum absolute atomic E-state index is 12.1. The monoisotopic (exact) mass is 318 g/mol. The van der Waals surface area contributed by atoms with Crippen molar-refractivity contribution in [3.8, 4) is 5.75 Å². The average Bonchev–Trinajstić information content (AvgIpc) is 2.35. The smallest absolute Gasteiger partial charge is 0.322 e. The van der Waals surface area contributed by atoms with Crippen molar-refractivity contribution in [2.24, 2.45) is 5.92 Å². The maximum Gasteiger partial charge on any atom is 0.322 e. The third kappa shape index (κ3) is 3.89. The minimum absolute atomic E-state index is 0.501. The highest BCUT2D eigenvalue weighted by Gasteiger charge is 2.29. The fourth-order valence-electron chi connectivity index (χ4n) is 1.52. The molecule has 9 nitrogen and oxygen atoms in total. The van der Waals surface area contributed by atoms with Gasteiger partial charge < -0.3 is 10.2 Å². The molecule has 0 bridgehead atoms. The van der Waals surface area contributed by atoms with Gasteiger partial charge in [0, 0.05) is 6.07 Å². The van der Waals surface area contributed by atoms with Crippen LogP contribution in [0.1, 0.15) is 13.8 Å². The van der Waals surface area contributed by atoms with E-state index in [9.17, 15) is 28.4 Å². The Balaban J connectivity index is 3.22. The molecule has 0 fully saturated rings. The first-order valence-electron chi connectivity index (χ1n) is 5.79. The first-order valence-corrected chi connectivity index (χ1v) is 7.27. The molecule has 0 aliphatic rings. The Bertz CT molecular complexity index is 669. The van der Waals surface area contributed by atoms with Gasteiger partial charge in [-0.05, 0) is 18.1 Å². The molecular formula is C11H14N2O7S. The summed E-state index contributed by atoms with van der Waals surface area (Å²) in [6.07, 6.45) is 0. The van der Waals surface area contributed by atoms with Crippen molar-refractivity contribution in [2.45, 2.75) is 24.8 Å². The molecule has 1 aromatic rings. The lowest BCUT2D eigenvalue weighted by Gasteiger charge is -2.17. The van der Waals surface area contributed by atoms with Crippen LogP contribution in [0.25, 0.3) is 0 Å². The molecule has 10 heteroatoms. The van der Waals surface area contributed by atoms with E-state index < -0.39 is 49.2 Å². The van der Waals surface area contributed by atoms with Crippen LogP contribution < -0.4 is 4.72 Å². The fraction of sp³-hybridized carbons (Fsp3) is 0.364. The minimum Gasteiger partial charge on any atom is -0.502 e. The van der Waals surface area contributed by atoms with Crippen LogP contribution in [0.15, 0.2) is 23.1 Å². The lowest BCUT2D eigenvalue weighted by atomic mass is 10.1. The number of phenols is 1. The number of carboxylic acids is 1. The van der Waals surface area contributed by atoms with Crippen molar-refractivity contribution in [3.63, 3.8) is 0 Å². The SMILES string of the molecule is CC(C)C(NS(=O)(=O)c1ccc(O)c([N+](=O)[O-])c1)C(=O)O. The Morgan fingerprint density at radius 1 is 1.38 bits per heavy atom. The molecule has 1 atom stereocenters. The summed E-state index contributed by atoms with van der Waals surface area (Å²) in [5, 5.41) is 28.9. The number of hydrogen-bond acceptors (Lipinski definition) is 6. The lowest BCUT2D eigenvalue weighted by Crippen LogP contribution is -2.44. The molecule has 0 saturated heterocycles. The first kappa shape index (κ1) is 16.9. The van der Waals surface area contributed by atoms with E-state index in [0.29, 0.717) is 6.07 Å². The molecule has 0 amide bonds. The van der Waals surface area contributed by atoms with E-state index in [1.54, 1.807) is 0 Å². The van der Waals surface area contributed by atoms with Gasteiger partial charge in [-0.1, -0.05) is 13.8 Å². The van der Waals surface area contributed by atoms with Gasteiger partial charge in [0.1, 0.15) is 6.04 Å². The van der Waals surface area contributed by atoms with Gasteiger partial charge in [-0.25, -0.2) is 8.42 Å². The second-order valence-electron chi connectivity index (χ2n) is 4.59. The van der Waals surface area contributed by atoms with Crippen LogP contribution in [0.2, 0.25) is 0 Å². The second-order valence-corrected chi connectivity index (χ2v) is 6.30. The molecule has 1 rings (SSSR count). The van der Waals surface area contributed by atoms with E-state index in [1.807, 2.05) is 4.72 Å². The zero-order chi connectivity index (χ0) is 16.4. The summed E-state index contributed by atoms with van der Waals surface area (Å²) < 4.78 is 26.1. The topological polar surface area (TPSA) is 147 Å². The van der Waals surface area contributed by atoms with Gasteiger partial charge in [0.25, 0.3) is 0 Å². The number of phenolic OH excluding ortho intramolecular Hbond substituents is 1. The molecule has 0 spiro atoms. The van der Waals surface area contributed by atoms with E-state index in [0.717, 1.165) is 12.1 Å². The van der Waals surface area contributed by atoms with Crippen LogP contribution in [-0.2, 0) is 14.8 Å². The number of sulfonamides is 1. The molecule has 0 radical (unpaired) electrons. The van der Waals surface area contributed by atoms with Crippen LogP contribution >= 0.6 is 0 Å². The van der Waals surface area contributed by atoms with E-state index in [1.165, 1.54) is 13.8 Å². The molecular weight excluding hydrogens is 304 g/mol. The molecule has 0 aliphatic carbocycles. The summed E-state index contributed by atoms with van der Waals surface area (Å²) in [6.45, 7) is 3.03. The summed E-state index contributed by atoms with van der Waals surface area (Å²) in [5.41, 5.74) is -0.783. The van der Waals surface area contributed by atoms with E-state index in [-0.39, 0.29) is 0 Å². The number of aliphatic carboxylic acids is 1. The van der Waals surface area contributed by atoms with Crippen LogP contribution in [-0.4, -0.2) is 35.6 Å². The Labute approximate surface area is 120 Å². The van der Waals surface area contributed by atoms with E-state index in [4.69, 9.17) is 5.11 Å². The zero-order valence-corrected chi connectivity index (χ0v) is 12.0. The number of carbonyl (C=O) groups is 1. The van der Waals surface area contributed by atoms with Crippen molar-refractivity contribution in [2.75, 3.05) is 0 Å². The predicted molar refractivity (Wildman–Crippen MR) is 71.3 cm³/mol. The van der Waals surface area contributed by atoms with Gasteiger partial charge in [-0.15, -0.1) is 0 Å². The number of nitrogens with zero attached hydrogens (tertiary/aromatic N) is 1. The highest BCUT2D eigenvalue weighted by atomic mass is 32.2. The summed E-state index contributed by atoms with van der Waals surface area (Å²) >= 11 is 0. The van der Waals surface area contributed by atoms with E-state index >= 15 is 0 Å². The molecule has 0 saturated carbocycles. The van der Waals surface area contributed by atoms with Crippen molar-refractivity contribution >= 4 is 21.7 Å². The van der Waals surface area contributed by atoms with Crippen molar-refractivity contribution in [1.29, 1.82) is 0 Å². The lowest BCUT2D eigenvalue weighted by molar-refractivity contribution is -0.386. The molecule has 1 aromatic carbocycles. The van der Waals surface area contributed by atoms with Crippen LogP contribution in [0.5, 0.6) is 5.75 Å². The molecule has 0 aromatic heterocycles. The van der Waals surface area contributed by atoms with Crippen LogP contribution in [0, 0.1) is 16.0 Å². The number of aromatic hydroxyl groups is 1. The number of hydrogen-bond donors (Lipinski definition) is 3. The third-order valence-electron chi connectivity index (χ3n) is 2.67. The molecule has 1 unspecified atom stereocenters. The van der Waals surface area contributed by atoms with Crippen molar-refractivity contribution in [1.82, 2.24) is 4.72 Å².